The maximum absolute atomic E-state index is 12.5. The minimum atomic E-state index is -4.30. The van der Waals surface area contributed by atoms with E-state index < -0.39 is 15.5 Å². The first-order valence-corrected chi connectivity index (χ1v) is 11.5. The van der Waals surface area contributed by atoms with Crippen molar-refractivity contribution in [2.45, 2.75) is 29.9 Å². The van der Waals surface area contributed by atoms with E-state index in [-0.39, 0.29) is 22.7 Å². The average Bonchev–Trinajstić information content (AvgIpc) is 2.95. The van der Waals surface area contributed by atoms with E-state index in [1.807, 2.05) is 0 Å². The van der Waals surface area contributed by atoms with E-state index in [0.717, 1.165) is 17.5 Å². The number of benzene rings is 1. The Morgan fingerprint density at radius 2 is 1.93 bits per heavy atom. The second-order valence-corrected chi connectivity index (χ2v) is 9.80. The van der Waals surface area contributed by atoms with E-state index in [0.29, 0.717) is 25.4 Å². The summed E-state index contributed by atoms with van der Waals surface area (Å²) in [6, 6.07) is 8.26. The van der Waals surface area contributed by atoms with Crippen LogP contribution in [-0.2, 0) is 16.6 Å². The van der Waals surface area contributed by atoms with Crippen molar-refractivity contribution in [1.29, 1.82) is 0 Å². The Balaban J connectivity index is 1.69. The number of nitrogens with one attached hydrogen (secondary N) is 1. The standard InChI is InChI=1S/C18H21F3N4O2S2/c1-13-10-25(15-3-5-16(6-4-15)28-18(19,20)21)12-24(13)11-14-7-8-22-9-17(14)23-29(2,26)27/h3-9,13,23H,10-12H2,1-2H3. The number of alkyl halides is 3. The van der Waals surface area contributed by atoms with Gasteiger partial charge < -0.3 is 4.90 Å². The summed E-state index contributed by atoms with van der Waals surface area (Å²) in [6.45, 7) is 3.86. The van der Waals surface area contributed by atoms with Gasteiger partial charge in [0, 0.05) is 35.9 Å². The lowest BCUT2D eigenvalue weighted by Gasteiger charge is -2.22. The van der Waals surface area contributed by atoms with Crippen molar-refractivity contribution in [3.05, 3.63) is 48.3 Å². The van der Waals surface area contributed by atoms with Gasteiger partial charge >= 0.3 is 5.51 Å². The molecule has 1 unspecified atom stereocenters. The maximum atomic E-state index is 12.5. The molecule has 29 heavy (non-hydrogen) atoms. The fraction of sp³-hybridized carbons (Fsp3) is 0.389. The average molecular weight is 447 g/mol. The number of nitrogens with zero attached hydrogens (tertiary/aromatic N) is 3. The van der Waals surface area contributed by atoms with E-state index in [1.54, 1.807) is 24.4 Å². The van der Waals surface area contributed by atoms with Crippen LogP contribution < -0.4 is 9.62 Å². The molecule has 1 aromatic heterocycles. The lowest BCUT2D eigenvalue weighted by atomic mass is 10.2. The topological polar surface area (TPSA) is 65.5 Å². The van der Waals surface area contributed by atoms with Gasteiger partial charge in [-0.05, 0) is 54.6 Å². The van der Waals surface area contributed by atoms with Crippen molar-refractivity contribution < 1.29 is 21.6 Å². The monoisotopic (exact) mass is 446 g/mol. The van der Waals surface area contributed by atoms with Crippen LogP contribution >= 0.6 is 11.8 Å². The molecule has 1 N–H and O–H groups in total. The van der Waals surface area contributed by atoms with Crippen LogP contribution in [0.25, 0.3) is 0 Å². The minimum absolute atomic E-state index is 0.130. The minimum Gasteiger partial charge on any atom is -0.357 e. The first kappa shape index (κ1) is 21.7. The van der Waals surface area contributed by atoms with Gasteiger partial charge in [0.2, 0.25) is 10.0 Å². The molecule has 158 valence electrons. The number of hydrogen-bond donors (Lipinski definition) is 1. The van der Waals surface area contributed by atoms with Gasteiger partial charge in [-0.25, -0.2) is 8.42 Å². The van der Waals surface area contributed by atoms with E-state index in [1.165, 1.54) is 18.3 Å². The van der Waals surface area contributed by atoms with Crippen LogP contribution in [0, 0.1) is 0 Å². The molecule has 1 aromatic carbocycles. The molecule has 2 aromatic rings. The van der Waals surface area contributed by atoms with Gasteiger partial charge in [0.15, 0.2) is 0 Å². The van der Waals surface area contributed by atoms with Crippen LogP contribution in [0.3, 0.4) is 0 Å². The molecule has 11 heteroatoms. The van der Waals surface area contributed by atoms with Gasteiger partial charge in [0.25, 0.3) is 0 Å². The number of hydrogen-bond acceptors (Lipinski definition) is 6. The molecule has 0 aliphatic carbocycles. The van der Waals surface area contributed by atoms with Crippen molar-refractivity contribution in [3.8, 4) is 0 Å². The van der Waals surface area contributed by atoms with Crippen LogP contribution in [0.15, 0.2) is 47.6 Å². The molecule has 1 aliphatic heterocycles. The summed E-state index contributed by atoms with van der Waals surface area (Å²) in [5, 5.41) is 0. The lowest BCUT2D eigenvalue weighted by molar-refractivity contribution is -0.0328. The van der Waals surface area contributed by atoms with Crippen molar-refractivity contribution in [3.63, 3.8) is 0 Å². The molecule has 1 saturated heterocycles. The summed E-state index contributed by atoms with van der Waals surface area (Å²) in [5.74, 6) is 0. The van der Waals surface area contributed by atoms with E-state index in [9.17, 15) is 21.6 Å². The number of sulfonamides is 1. The Morgan fingerprint density at radius 1 is 1.24 bits per heavy atom. The molecule has 0 spiro atoms. The Bertz CT molecular complexity index is 952. The van der Waals surface area contributed by atoms with Crippen LogP contribution in [-0.4, -0.2) is 49.3 Å². The zero-order valence-electron chi connectivity index (χ0n) is 15.8. The van der Waals surface area contributed by atoms with Crippen LogP contribution in [0.4, 0.5) is 24.5 Å². The second kappa shape index (κ2) is 8.41. The maximum Gasteiger partial charge on any atom is 0.446 e. The molecule has 3 rings (SSSR count). The fourth-order valence-electron chi connectivity index (χ4n) is 3.17. The number of pyridine rings is 1. The normalized spacial score (nSPS) is 18.2. The van der Waals surface area contributed by atoms with Crippen LogP contribution in [0.2, 0.25) is 0 Å². The fourth-order valence-corrected chi connectivity index (χ4v) is 4.30. The Labute approximate surface area is 172 Å². The van der Waals surface area contributed by atoms with E-state index in [4.69, 9.17) is 0 Å². The molecule has 2 heterocycles. The first-order chi connectivity index (χ1) is 13.5. The zero-order valence-corrected chi connectivity index (χ0v) is 17.5. The van der Waals surface area contributed by atoms with Gasteiger partial charge in [0.05, 0.1) is 24.8 Å². The van der Waals surface area contributed by atoms with E-state index in [2.05, 4.69) is 26.4 Å². The molecule has 1 atom stereocenters. The van der Waals surface area contributed by atoms with Crippen LogP contribution in [0.5, 0.6) is 0 Å². The van der Waals surface area contributed by atoms with Gasteiger partial charge in [-0.3, -0.25) is 14.6 Å². The molecule has 1 aliphatic rings. The largest absolute Gasteiger partial charge is 0.446 e. The van der Waals surface area contributed by atoms with Gasteiger partial charge in [-0.1, -0.05) is 0 Å². The number of halogens is 3. The summed E-state index contributed by atoms with van der Waals surface area (Å²) in [6.07, 6.45) is 4.18. The summed E-state index contributed by atoms with van der Waals surface area (Å²) in [4.78, 5) is 8.38. The molecule has 1 fully saturated rings. The summed E-state index contributed by atoms with van der Waals surface area (Å²) >= 11 is -0.130. The van der Waals surface area contributed by atoms with Crippen molar-refractivity contribution in [1.82, 2.24) is 9.88 Å². The molecule has 0 bridgehead atoms. The molecular formula is C18H21F3N4O2S2. The Kier molecular flexibility index (Phi) is 6.30. The van der Waals surface area contributed by atoms with Crippen LogP contribution in [0.1, 0.15) is 12.5 Å². The smallest absolute Gasteiger partial charge is 0.357 e. The highest BCUT2D eigenvalue weighted by molar-refractivity contribution is 8.00. The predicted molar refractivity (Wildman–Crippen MR) is 108 cm³/mol. The molecule has 6 nitrogen and oxygen atoms in total. The molecule has 0 saturated carbocycles. The van der Waals surface area contributed by atoms with Gasteiger partial charge in [0.1, 0.15) is 0 Å². The molecular weight excluding hydrogens is 425 g/mol. The highest BCUT2D eigenvalue weighted by Crippen LogP contribution is 2.37. The third-order valence-electron chi connectivity index (χ3n) is 4.48. The van der Waals surface area contributed by atoms with Gasteiger partial charge in [-0.2, -0.15) is 13.2 Å². The third kappa shape index (κ3) is 6.25. The molecule has 0 amide bonds. The van der Waals surface area contributed by atoms with Crippen molar-refractivity contribution >= 4 is 33.2 Å². The van der Waals surface area contributed by atoms with E-state index >= 15 is 0 Å². The highest BCUT2D eigenvalue weighted by Gasteiger charge is 2.30. The SMILES string of the molecule is CC1CN(c2ccc(SC(F)(F)F)cc2)CN1Cc1ccncc1NS(C)(=O)=O. The van der Waals surface area contributed by atoms with Crippen molar-refractivity contribution in [2.75, 3.05) is 29.1 Å². The number of anilines is 2. The number of rotatable bonds is 6. The van der Waals surface area contributed by atoms with Crippen molar-refractivity contribution in [2.24, 2.45) is 0 Å². The summed E-state index contributed by atoms with van der Waals surface area (Å²) < 4.78 is 63.1. The lowest BCUT2D eigenvalue weighted by Crippen LogP contribution is -2.29. The number of thioether (sulfide) groups is 1. The Morgan fingerprint density at radius 3 is 2.55 bits per heavy atom. The first-order valence-electron chi connectivity index (χ1n) is 8.76. The third-order valence-corrected chi connectivity index (χ3v) is 5.81. The number of aromatic nitrogens is 1. The van der Waals surface area contributed by atoms with Gasteiger partial charge in [-0.15, -0.1) is 0 Å². The second-order valence-electron chi connectivity index (χ2n) is 6.91. The molecule has 0 radical (unpaired) electrons. The summed E-state index contributed by atoms with van der Waals surface area (Å²) in [7, 11) is -3.42. The highest BCUT2D eigenvalue weighted by atomic mass is 32.2. The predicted octanol–water partition coefficient (Wildman–Crippen LogP) is 3.73. The quantitative estimate of drug-likeness (QED) is 0.682. The summed E-state index contributed by atoms with van der Waals surface area (Å²) in [5.41, 5.74) is -2.22. The zero-order chi connectivity index (χ0) is 21.2. The Hall–Kier alpha value is -1.98.